The van der Waals surface area contributed by atoms with Gasteiger partial charge in [-0.05, 0) is 29.0 Å². The highest BCUT2D eigenvalue weighted by Gasteiger charge is 2.14. The monoisotopic (exact) mass is 267 g/mol. The van der Waals surface area contributed by atoms with E-state index in [1.165, 1.54) is 11.6 Å². The van der Waals surface area contributed by atoms with Gasteiger partial charge in [-0.2, -0.15) is 4.68 Å². The Balaban J connectivity index is 2.37. The molecule has 1 N–H and O–H groups in total. The highest BCUT2D eigenvalue weighted by Crippen LogP contribution is 2.18. The first-order valence-corrected chi connectivity index (χ1v) is 5.95. The first-order chi connectivity index (χ1) is 8.99. The van der Waals surface area contributed by atoms with Crippen LogP contribution in [0, 0.1) is 18.6 Å². The Morgan fingerprint density at radius 3 is 2.68 bits per heavy atom. The van der Waals surface area contributed by atoms with E-state index in [1.807, 2.05) is 13.8 Å². The maximum absolute atomic E-state index is 13.9. The van der Waals surface area contributed by atoms with Crippen molar-refractivity contribution >= 4 is 0 Å². The first kappa shape index (κ1) is 13.5. The SMILES string of the molecule is Cc1cc(F)c(-n2nnnc2CNC(C)C)cc1F. The van der Waals surface area contributed by atoms with Crippen LogP contribution in [0.3, 0.4) is 0 Å². The smallest absolute Gasteiger partial charge is 0.170 e. The van der Waals surface area contributed by atoms with Gasteiger partial charge in [0.15, 0.2) is 5.82 Å². The van der Waals surface area contributed by atoms with Crippen LogP contribution in [0.5, 0.6) is 0 Å². The van der Waals surface area contributed by atoms with E-state index in [2.05, 4.69) is 20.8 Å². The van der Waals surface area contributed by atoms with Crippen molar-refractivity contribution in [3.05, 3.63) is 35.2 Å². The molecule has 7 heteroatoms. The number of nitrogens with one attached hydrogen (secondary N) is 1. The fourth-order valence-electron chi connectivity index (χ4n) is 1.60. The van der Waals surface area contributed by atoms with Crippen LogP contribution in [-0.4, -0.2) is 26.2 Å². The van der Waals surface area contributed by atoms with Crippen molar-refractivity contribution in [2.75, 3.05) is 0 Å². The van der Waals surface area contributed by atoms with Gasteiger partial charge in [0.25, 0.3) is 0 Å². The summed E-state index contributed by atoms with van der Waals surface area (Å²) in [6.07, 6.45) is 0. The molecule has 5 nitrogen and oxygen atoms in total. The lowest BCUT2D eigenvalue weighted by Gasteiger charge is -2.09. The number of benzene rings is 1. The van der Waals surface area contributed by atoms with Crippen LogP contribution in [0.15, 0.2) is 12.1 Å². The van der Waals surface area contributed by atoms with Crippen molar-refractivity contribution in [2.45, 2.75) is 33.4 Å². The predicted octanol–water partition coefficient (Wildman–Crippen LogP) is 1.75. The Kier molecular flexibility index (Phi) is 3.84. The molecule has 1 aromatic heterocycles. The highest BCUT2D eigenvalue weighted by atomic mass is 19.1. The normalized spacial score (nSPS) is 11.3. The Morgan fingerprint density at radius 1 is 1.26 bits per heavy atom. The number of hydrogen-bond acceptors (Lipinski definition) is 4. The molecule has 0 fully saturated rings. The second-order valence-electron chi connectivity index (χ2n) is 4.60. The van der Waals surface area contributed by atoms with Gasteiger partial charge in [0.05, 0.1) is 6.54 Å². The zero-order chi connectivity index (χ0) is 14.0. The minimum Gasteiger partial charge on any atom is -0.308 e. The second-order valence-corrected chi connectivity index (χ2v) is 4.60. The number of nitrogens with zero attached hydrogens (tertiary/aromatic N) is 4. The lowest BCUT2D eigenvalue weighted by atomic mass is 10.2. The van der Waals surface area contributed by atoms with E-state index >= 15 is 0 Å². The Bertz CT molecular complexity index is 579. The standard InChI is InChI=1S/C12H15F2N5/c1-7(2)15-6-12-16-17-18-19(12)11-5-9(13)8(3)4-10(11)14/h4-5,7,15H,6H2,1-3H3. The predicted molar refractivity (Wildman–Crippen MR) is 65.8 cm³/mol. The third-order valence-corrected chi connectivity index (χ3v) is 2.66. The van der Waals surface area contributed by atoms with Crippen LogP contribution >= 0.6 is 0 Å². The molecule has 0 bridgehead atoms. The number of rotatable bonds is 4. The van der Waals surface area contributed by atoms with Gasteiger partial charge in [0, 0.05) is 12.1 Å². The molecule has 0 radical (unpaired) electrons. The van der Waals surface area contributed by atoms with E-state index in [-0.39, 0.29) is 17.3 Å². The van der Waals surface area contributed by atoms with Gasteiger partial charge in [0.1, 0.15) is 17.3 Å². The van der Waals surface area contributed by atoms with Gasteiger partial charge < -0.3 is 5.32 Å². The second kappa shape index (κ2) is 5.40. The summed E-state index contributed by atoms with van der Waals surface area (Å²) in [6, 6.07) is 2.47. The zero-order valence-electron chi connectivity index (χ0n) is 11.0. The Labute approximate surface area is 109 Å². The molecule has 0 saturated heterocycles. The fraction of sp³-hybridized carbons (Fsp3) is 0.417. The Hall–Kier alpha value is -1.89. The molecule has 1 aromatic carbocycles. The molecule has 0 aliphatic rings. The third kappa shape index (κ3) is 2.93. The summed E-state index contributed by atoms with van der Waals surface area (Å²) in [5, 5.41) is 14.1. The van der Waals surface area contributed by atoms with Gasteiger partial charge in [-0.1, -0.05) is 13.8 Å². The summed E-state index contributed by atoms with van der Waals surface area (Å²) in [5.74, 6) is -0.623. The number of tetrazole rings is 1. The molecule has 0 aliphatic heterocycles. The van der Waals surface area contributed by atoms with Gasteiger partial charge in [-0.15, -0.1) is 5.10 Å². The van der Waals surface area contributed by atoms with Gasteiger partial charge in [0.2, 0.25) is 0 Å². The van der Waals surface area contributed by atoms with Crippen molar-refractivity contribution in [2.24, 2.45) is 0 Å². The third-order valence-electron chi connectivity index (χ3n) is 2.66. The maximum atomic E-state index is 13.9. The van der Waals surface area contributed by atoms with E-state index in [0.717, 1.165) is 12.1 Å². The highest BCUT2D eigenvalue weighted by molar-refractivity contribution is 5.36. The van der Waals surface area contributed by atoms with Gasteiger partial charge >= 0.3 is 0 Å². The number of aryl methyl sites for hydroxylation is 1. The molecule has 2 aromatic rings. The van der Waals surface area contributed by atoms with E-state index < -0.39 is 11.6 Å². The molecular weight excluding hydrogens is 252 g/mol. The van der Waals surface area contributed by atoms with Crippen molar-refractivity contribution in [3.63, 3.8) is 0 Å². The molecule has 1 heterocycles. The number of aromatic nitrogens is 4. The summed E-state index contributed by atoms with van der Waals surface area (Å²) in [6.45, 7) is 5.82. The van der Waals surface area contributed by atoms with Crippen LogP contribution in [0.1, 0.15) is 25.2 Å². The molecule has 19 heavy (non-hydrogen) atoms. The van der Waals surface area contributed by atoms with Crippen molar-refractivity contribution < 1.29 is 8.78 Å². The fourth-order valence-corrected chi connectivity index (χ4v) is 1.60. The molecule has 0 amide bonds. The van der Waals surface area contributed by atoms with E-state index in [0.29, 0.717) is 12.4 Å². The van der Waals surface area contributed by atoms with Gasteiger partial charge in [-0.3, -0.25) is 0 Å². The van der Waals surface area contributed by atoms with Crippen LogP contribution < -0.4 is 5.32 Å². The van der Waals surface area contributed by atoms with Crippen molar-refractivity contribution in [1.82, 2.24) is 25.5 Å². The quantitative estimate of drug-likeness (QED) is 0.917. The lowest BCUT2D eigenvalue weighted by Crippen LogP contribution is -2.24. The van der Waals surface area contributed by atoms with Crippen LogP contribution in [0.25, 0.3) is 5.69 Å². The van der Waals surface area contributed by atoms with Crippen LogP contribution in [0.4, 0.5) is 8.78 Å². The summed E-state index contributed by atoms with van der Waals surface area (Å²) in [7, 11) is 0. The lowest BCUT2D eigenvalue weighted by molar-refractivity contribution is 0.549. The number of hydrogen-bond donors (Lipinski definition) is 1. The molecule has 102 valence electrons. The summed E-state index contributed by atoms with van der Waals surface area (Å²) >= 11 is 0. The largest absolute Gasteiger partial charge is 0.308 e. The molecule has 2 rings (SSSR count). The van der Waals surface area contributed by atoms with E-state index in [4.69, 9.17) is 0 Å². The van der Waals surface area contributed by atoms with Crippen LogP contribution in [0.2, 0.25) is 0 Å². The van der Waals surface area contributed by atoms with Crippen LogP contribution in [-0.2, 0) is 6.54 Å². The molecule has 0 spiro atoms. The first-order valence-electron chi connectivity index (χ1n) is 5.95. The Morgan fingerprint density at radius 2 is 2.00 bits per heavy atom. The van der Waals surface area contributed by atoms with Gasteiger partial charge in [-0.25, -0.2) is 8.78 Å². The average Bonchev–Trinajstić information content (AvgIpc) is 2.79. The maximum Gasteiger partial charge on any atom is 0.170 e. The summed E-state index contributed by atoms with van der Waals surface area (Å²) in [5.41, 5.74) is 0.254. The van der Waals surface area contributed by atoms with E-state index in [9.17, 15) is 8.78 Å². The minimum atomic E-state index is -0.558. The van der Waals surface area contributed by atoms with Crippen molar-refractivity contribution in [3.8, 4) is 5.69 Å². The molecule has 0 unspecified atom stereocenters. The molecular formula is C12H15F2N5. The molecule has 0 aliphatic carbocycles. The summed E-state index contributed by atoms with van der Waals surface area (Å²) in [4.78, 5) is 0. The zero-order valence-corrected chi connectivity index (χ0v) is 11.0. The topological polar surface area (TPSA) is 55.6 Å². The number of halogens is 2. The molecule has 0 atom stereocenters. The average molecular weight is 267 g/mol. The van der Waals surface area contributed by atoms with Crippen molar-refractivity contribution in [1.29, 1.82) is 0 Å². The minimum absolute atomic E-state index is 0.00801. The van der Waals surface area contributed by atoms with E-state index in [1.54, 1.807) is 0 Å². The summed E-state index contributed by atoms with van der Waals surface area (Å²) < 4.78 is 28.6. The molecule has 0 saturated carbocycles.